The molecule has 1 aliphatic carbocycles. The summed E-state index contributed by atoms with van der Waals surface area (Å²) < 4.78 is 1.88. The molecule has 4 nitrogen and oxygen atoms in total. The largest absolute Gasteiger partial charge is 0.277 e. The van der Waals surface area contributed by atoms with Crippen LogP contribution in [0.5, 0.6) is 0 Å². The minimum absolute atomic E-state index is 0.398. The molecule has 0 saturated heterocycles. The molecule has 6 heteroatoms. The van der Waals surface area contributed by atoms with Crippen LogP contribution in [0.3, 0.4) is 0 Å². The maximum atomic E-state index is 9.41. The minimum Gasteiger partial charge on any atom is -0.277 e. The third-order valence-electron chi connectivity index (χ3n) is 6.31. The smallest absolute Gasteiger partial charge is 0.116 e. The summed E-state index contributed by atoms with van der Waals surface area (Å²) >= 11 is 7.45. The molecule has 1 saturated carbocycles. The summed E-state index contributed by atoms with van der Waals surface area (Å²) in [7, 11) is 0. The number of hydrogen-bond donors (Lipinski definition) is 0. The molecule has 0 spiro atoms. The predicted octanol–water partition coefficient (Wildman–Crippen LogP) is 7.24. The van der Waals surface area contributed by atoms with Crippen molar-refractivity contribution in [3.05, 3.63) is 35.4 Å². The number of nitriles is 1. The van der Waals surface area contributed by atoms with Crippen molar-refractivity contribution in [1.29, 1.82) is 5.26 Å². The topological polar surface area (TPSA) is 61.9 Å². The van der Waals surface area contributed by atoms with E-state index in [4.69, 9.17) is 4.99 Å². The molecule has 0 radical (unpaired) electrons. The van der Waals surface area contributed by atoms with E-state index in [1.807, 2.05) is 6.92 Å². The Kier molecular flexibility index (Phi) is 8.83. The number of rotatable bonds is 7. The highest BCUT2D eigenvalue weighted by molar-refractivity contribution is 9.18. The van der Waals surface area contributed by atoms with Crippen LogP contribution in [0.1, 0.15) is 75.2 Å². The zero-order chi connectivity index (χ0) is 21.5. The molecule has 1 fully saturated rings. The molecule has 2 heterocycles. The van der Waals surface area contributed by atoms with Gasteiger partial charge in [0.05, 0.1) is 11.8 Å². The predicted molar refractivity (Wildman–Crippen MR) is 132 cm³/mol. The first-order valence-electron chi connectivity index (χ1n) is 11.0. The van der Waals surface area contributed by atoms with Crippen molar-refractivity contribution < 1.29 is 0 Å². The summed E-state index contributed by atoms with van der Waals surface area (Å²) in [4.78, 5) is 13.9. The lowest BCUT2D eigenvalue weighted by Crippen LogP contribution is -2.16. The standard InChI is InChI=1S/C24H30Br2N4/c1-3-6-21(25)22-16(2)29-15-30-23(22)20-14-17(10-12-28-24(20)26)13-19(9-11-27)18-7-4-5-8-18/h6,14-15,17-19H,3-5,7-10,12-13H2,1-2H3/b21-6+. The number of halogens is 2. The maximum absolute atomic E-state index is 9.41. The average molecular weight is 534 g/mol. The van der Waals surface area contributed by atoms with Crippen LogP contribution in [0.4, 0.5) is 0 Å². The number of hydrogen-bond acceptors (Lipinski definition) is 4. The third-order valence-corrected chi connectivity index (χ3v) is 7.71. The Morgan fingerprint density at radius 2 is 2.07 bits per heavy atom. The number of aliphatic imine (C=N–C) groups is 1. The minimum atomic E-state index is 0.398. The van der Waals surface area contributed by atoms with Gasteiger partial charge >= 0.3 is 0 Å². The fourth-order valence-corrected chi connectivity index (χ4v) is 6.08. The van der Waals surface area contributed by atoms with Crippen molar-refractivity contribution in [2.75, 3.05) is 6.54 Å². The molecular weight excluding hydrogens is 504 g/mol. The fourth-order valence-electron chi connectivity index (χ4n) is 4.79. The van der Waals surface area contributed by atoms with E-state index in [0.29, 0.717) is 24.2 Å². The van der Waals surface area contributed by atoms with E-state index in [9.17, 15) is 5.26 Å². The Bertz CT molecular complexity index is 876. The average Bonchev–Trinajstić information content (AvgIpc) is 3.19. The Morgan fingerprint density at radius 3 is 2.77 bits per heavy atom. The second-order valence-electron chi connectivity index (χ2n) is 8.35. The summed E-state index contributed by atoms with van der Waals surface area (Å²) in [6.45, 7) is 4.94. The SMILES string of the molecule is CC/C=C(/Br)c1c(C)ncnc1C1=CC(CC(CC#N)C2CCCC2)CCN=C1Br. The van der Waals surface area contributed by atoms with Gasteiger partial charge in [-0.1, -0.05) is 60.7 Å². The van der Waals surface area contributed by atoms with E-state index in [0.717, 1.165) is 57.4 Å². The molecule has 0 amide bonds. The van der Waals surface area contributed by atoms with Crippen molar-refractivity contribution >= 4 is 46.5 Å². The van der Waals surface area contributed by atoms with Gasteiger partial charge in [-0.25, -0.2) is 9.97 Å². The highest BCUT2D eigenvalue weighted by Crippen LogP contribution is 2.39. The lowest BCUT2D eigenvalue weighted by Gasteiger charge is -2.24. The van der Waals surface area contributed by atoms with Gasteiger partial charge in [0.15, 0.2) is 0 Å². The summed E-state index contributed by atoms with van der Waals surface area (Å²) in [6, 6.07) is 2.45. The zero-order valence-electron chi connectivity index (χ0n) is 17.9. The first-order chi connectivity index (χ1) is 14.5. The summed E-state index contributed by atoms with van der Waals surface area (Å²) in [5, 5.41) is 9.41. The molecule has 3 rings (SSSR count). The molecule has 0 aromatic carbocycles. The third kappa shape index (κ3) is 5.68. The van der Waals surface area contributed by atoms with Gasteiger partial charge in [-0.05, 0) is 59.9 Å². The van der Waals surface area contributed by atoms with Crippen LogP contribution in [-0.2, 0) is 0 Å². The fraction of sp³-hybridized carbons (Fsp3) is 0.583. The van der Waals surface area contributed by atoms with Gasteiger partial charge < -0.3 is 0 Å². The number of allylic oxidation sites excluding steroid dienone is 3. The molecule has 30 heavy (non-hydrogen) atoms. The van der Waals surface area contributed by atoms with Gasteiger partial charge in [0.2, 0.25) is 0 Å². The molecule has 160 valence electrons. The molecule has 1 aromatic rings. The van der Waals surface area contributed by atoms with Gasteiger partial charge in [-0.3, -0.25) is 4.99 Å². The normalized spacial score (nSPS) is 21.6. The highest BCUT2D eigenvalue weighted by Gasteiger charge is 2.28. The van der Waals surface area contributed by atoms with Crippen LogP contribution >= 0.6 is 31.9 Å². The Hall–Kier alpha value is -1.32. The van der Waals surface area contributed by atoms with Crippen LogP contribution in [0, 0.1) is 36.0 Å². The highest BCUT2D eigenvalue weighted by atomic mass is 79.9. The molecule has 2 unspecified atom stereocenters. The van der Waals surface area contributed by atoms with Gasteiger partial charge in [0, 0.05) is 34.3 Å². The van der Waals surface area contributed by atoms with E-state index >= 15 is 0 Å². The van der Waals surface area contributed by atoms with Crippen LogP contribution in [0.15, 0.2) is 23.5 Å². The first-order valence-corrected chi connectivity index (χ1v) is 12.6. The van der Waals surface area contributed by atoms with E-state index < -0.39 is 0 Å². The van der Waals surface area contributed by atoms with E-state index in [1.165, 1.54) is 25.7 Å². The van der Waals surface area contributed by atoms with Crippen LogP contribution < -0.4 is 0 Å². The van der Waals surface area contributed by atoms with Crippen molar-refractivity contribution in [2.45, 2.75) is 65.2 Å². The Labute approximate surface area is 197 Å². The van der Waals surface area contributed by atoms with E-state index in [-0.39, 0.29) is 0 Å². The van der Waals surface area contributed by atoms with Crippen LogP contribution in [-0.4, -0.2) is 21.1 Å². The Morgan fingerprint density at radius 1 is 1.30 bits per heavy atom. The van der Waals surface area contributed by atoms with Gasteiger partial charge in [-0.15, -0.1) is 0 Å². The van der Waals surface area contributed by atoms with Crippen molar-refractivity contribution in [1.82, 2.24) is 9.97 Å². The van der Waals surface area contributed by atoms with E-state index in [2.05, 4.69) is 67.0 Å². The Balaban J connectivity index is 1.96. The van der Waals surface area contributed by atoms with Crippen molar-refractivity contribution in [3.63, 3.8) is 0 Å². The molecule has 0 bridgehead atoms. The molecular formula is C24H30Br2N4. The van der Waals surface area contributed by atoms with E-state index in [1.54, 1.807) is 6.33 Å². The lowest BCUT2D eigenvalue weighted by atomic mass is 9.80. The van der Waals surface area contributed by atoms with Gasteiger partial charge in [0.1, 0.15) is 10.9 Å². The second-order valence-corrected chi connectivity index (χ2v) is 9.95. The summed E-state index contributed by atoms with van der Waals surface area (Å²) in [5.74, 6) is 1.58. The van der Waals surface area contributed by atoms with Crippen LogP contribution in [0.25, 0.3) is 10.1 Å². The first kappa shape index (κ1) is 23.3. The van der Waals surface area contributed by atoms with Crippen molar-refractivity contribution in [3.8, 4) is 6.07 Å². The maximum Gasteiger partial charge on any atom is 0.116 e. The quantitative estimate of drug-likeness (QED) is 0.371. The van der Waals surface area contributed by atoms with Crippen molar-refractivity contribution in [2.24, 2.45) is 22.7 Å². The monoisotopic (exact) mass is 532 g/mol. The molecule has 1 aliphatic heterocycles. The molecule has 2 atom stereocenters. The molecule has 0 N–H and O–H groups in total. The number of aromatic nitrogens is 2. The zero-order valence-corrected chi connectivity index (χ0v) is 21.0. The molecule has 1 aromatic heterocycles. The number of nitrogens with zero attached hydrogens (tertiary/aromatic N) is 4. The molecule has 2 aliphatic rings. The number of aryl methyl sites for hydroxylation is 1. The van der Waals surface area contributed by atoms with Gasteiger partial charge in [0.25, 0.3) is 0 Å². The second kappa shape index (κ2) is 11.3. The lowest BCUT2D eigenvalue weighted by molar-refractivity contribution is 0.289. The van der Waals surface area contributed by atoms with Gasteiger partial charge in [-0.2, -0.15) is 5.26 Å². The summed E-state index contributed by atoms with van der Waals surface area (Å²) in [5.41, 5.74) is 3.94. The summed E-state index contributed by atoms with van der Waals surface area (Å²) in [6.07, 6.45) is 15.0. The van der Waals surface area contributed by atoms with Crippen LogP contribution in [0.2, 0.25) is 0 Å².